The number of nitrogens with one attached hydrogen (secondary N) is 2. The topological polar surface area (TPSA) is 128 Å². The number of anilines is 1. The van der Waals surface area contributed by atoms with Gasteiger partial charge in [-0.05, 0) is 38.1 Å². The van der Waals surface area contributed by atoms with E-state index in [0.717, 1.165) is 0 Å². The zero-order valence-electron chi connectivity index (χ0n) is 17.4. The maximum atomic E-state index is 12.6. The highest BCUT2D eigenvalue weighted by Crippen LogP contribution is 2.19. The molecule has 0 saturated heterocycles. The van der Waals surface area contributed by atoms with Gasteiger partial charge in [0.1, 0.15) is 22.3 Å². The van der Waals surface area contributed by atoms with E-state index >= 15 is 0 Å². The smallest absolute Gasteiger partial charge is 0.332 e. The van der Waals surface area contributed by atoms with E-state index < -0.39 is 5.56 Å². The standard InChI is InChI=1S/C21H20ClN7O3/c1-3-28-19-17(20(31)29(4-2)21(28)32)26-18(27-19)13-6-8-16(24-10-13)25-11-14(30)12-5-7-15(22)23-9-12/h5-10H,3-4,11H2,1-2H3,(H,24,25)(H,26,27). The molecule has 0 bridgehead atoms. The van der Waals surface area contributed by atoms with E-state index in [9.17, 15) is 14.4 Å². The number of hydrogen-bond donors (Lipinski definition) is 2. The van der Waals surface area contributed by atoms with Gasteiger partial charge in [0.05, 0.1) is 6.54 Å². The van der Waals surface area contributed by atoms with E-state index in [1.807, 2.05) is 6.92 Å². The number of aryl methyl sites for hydroxylation is 1. The molecular weight excluding hydrogens is 434 g/mol. The Balaban J connectivity index is 1.57. The van der Waals surface area contributed by atoms with Crippen LogP contribution in [0.5, 0.6) is 0 Å². The maximum absolute atomic E-state index is 12.6. The van der Waals surface area contributed by atoms with Crippen molar-refractivity contribution in [2.75, 3.05) is 11.9 Å². The lowest BCUT2D eigenvalue weighted by Gasteiger charge is -2.06. The number of pyridine rings is 2. The first kappa shape index (κ1) is 21.4. The summed E-state index contributed by atoms with van der Waals surface area (Å²) in [6, 6.07) is 6.63. The normalized spacial score (nSPS) is 11.1. The fraction of sp³-hybridized carbons (Fsp3) is 0.238. The molecule has 4 rings (SSSR count). The van der Waals surface area contributed by atoms with Crippen molar-refractivity contribution < 1.29 is 4.79 Å². The molecule has 0 amide bonds. The largest absolute Gasteiger partial charge is 0.363 e. The average molecular weight is 454 g/mol. The fourth-order valence-corrected chi connectivity index (χ4v) is 3.43. The number of H-pyrrole nitrogens is 1. The van der Waals surface area contributed by atoms with Gasteiger partial charge in [-0.2, -0.15) is 0 Å². The third-order valence-electron chi connectivity index (χ3n) is 5.01. The van der Waals surface area contributed by atoms with Crippen LogP contribution in [0.3, 0.4) is 0 Å². The van der Waals surface area contributed by atoms with E-state index in [0.29, 0.717) is 40.1 Å². The number of aromatic amines is 1. The Bertz CT molecular complexity index is 1400. The zero-order valence-corrected chi connectivity index (χ0v) is 18.2. The van der Waals surface area contributed by atoms with Crippen LogP contribution in [0.25, 0.3) is 22.6 Å². The Morgan fingerprint density at radius 3 is 2.47 bits per heavy atom. The lowest BCUT2D eigenvalue weighted by atomic mass is 10.2. The zero-order chi connectivity index (χ0) is 22.8. The van der Waals surface area contributed by atoms with Crippen molar-refractivity contribution in [2.24, 2.45) is 0 Å². The summed E-state index contributed by atoms with van der Waals surface area (Å²) >= 11 is 5.74. The van der Waals surface area contributed by atoms with Gasteiger partial charge in [0, 0.05) is 36.6 Å². The molecule has 0 radical (unpaired) electrons. The molecule has 4 aromatic heterocycles. The van der Waals surface area contributed by atoms with Crippen LogP contribution in [0.15, 0.2) is 46.2 Å². The van der Waals surface area contributed by atoms with Gasteiger partial charge in [0.2, 0.25) is 0 Å². The van der Waals surface area contributed by atoms with Crippen LogP contribution in [0.2, 0.25) is 5.15 Å². The summed E-state index contributed by atoms with van der Waals surface area (Å²) in [5, 5.41) is 3.28. The quantitative estimate of drug-likeness (QED) is 0.324. The number of imidazole rings is 1. The van der Waals surface area contributed by atoms with Crippen molar-refractivity contribution >= 4 is 34.4 Å². The molecule has 0 atom stereocenters. The number of fused-ring (bicyclic) bond motifs is 1. The number of halogens is 1. The number of carbonyl (C=O) groups excluding carboxylic acids is 1. The first-order valence-electron chi connectivity index (χ1n) is 10.0. The minimum Gasteiger partial charge on any atom is -0.363 e. The number of nitrogens with zero attached hydrogens (tertiary/aromatic N) is 5. The summed E-state index contributed by atoms with van der Waals surface area (Å²) in [6.45, 7) is 4.27. The van der Waals surface area contributed by atoms with Gasteiger partial charge >= 0.3 is 5.69 Å². The van der Waals surface area contributed by atoms with E-state index in [-0.39, 0.29) is 30.1 Å². The number of ketones is 1. The maximum Gasteiger partial charge on any atom is 0.332 e. The molecule has 4 aromatic rings. The van der Waals surface area contributed by atoms with Crippen LogP contribution in [0.4, 0.5) is 5.82 Å². The number of rotatable bonds is 7. The van der Waals surface area contributed by atoms with Gasteiger partial charge in [0.15, 0.2) is 11.4 Å². The highest BCUT2D eigenvalue weighted by Gasteiger charge is 2.16. The summed E-state index contributed by atoms with van der Waals surface area (Å²) in [5.41, 5.74) is 0.874. The summed E-state index contributed by atoms with van der Waals surface area (Å²) in [7, 11) is 0. The lowest BCUT2D eigenvalue weighted by molar-refractivity contribution is 0.101. The van der Waals surface area contributed by atoms with E-state index in [2.05, 4.69) is 25.3 Å². The Hall–Kier alpha value is -3.79. The minimum absolute atomic E-state index is 0.0413. The second-order valence-electron chi connectivity index (χ2n) is 6.94. The lowest BCUT2D eigenvalue weighted by Crippen LogP contribution is -2.39. The highest BCUT2D eigenvalue weighted by molar-refractivity contribution is 6.29. The molecular formula is C21H20ClN7O3. The molecule has 0 aliphatic heterocycles. The molecule has 2 N–H and O–H groups in total. The summed E-state index contributed by atoms with van der Waals surface area (Å²) in [5.74, 6) is 0.774. The second-order valence-corrected chi connectivity index (χ2v) is 7.33. The minimum atomic E-state index is -0.405. The van der Waals surface area contributed by atoms with Crippen LogP contribution in [0, 0.1) is 0 Å². The Morgan fingerprint density at radius 1 is 1.06 bits per heavy atom. The second kappa shape index (κ2) is 8.75. The van der Waals surface area contributed by atoms with Crippen molar-refractivity contribution in [1.82, 2.24) is 29.1 Å². The van der Waals surface area contributed by atoms with Crippen LogP contribution >= 0.6 is 11.6 Å². The first-order valence-corrected chi connectivity index (χ1v) is 10.4. The molecule has 0 aromatic carbocycles. The van der Waals surface area contributed by atoms with E-state index in [4.69, 9.17) is 11.6 Å². The predicted molar refractivity (Wildman–Crippen MR) is 121 cm³/mol. The number of aromatic nitrogens is 6. The van der Waals surface area contributed by atoms with Crippen LogP contribution in [0.1, 0.15) is 24.2 Å². The predicted octanol–water partition coefficient (Wildman–Crippen LogP) is 2.33. The van der Waals surface area contributed by atoms with E-state index in [1.165, 1.54) is 15.3 Å². The van der Waals surface area contributed by atoms with Gasteiger partial charge in [-0.25, -0.2) is 19.7 Å². The molecule has 32 heavy (non-hydrogen) atoms. The molecule has 0 spiro atoms. The van der Waals surface area contributed by atoms with Crippen LogP contribution < -0.4 is 16.6 Å². The molecule has 164 valence electrons. The van der Waals surface area contributed by atoms with Gasteiger partial charge < -0.3 is 10.3 Å². The van der Waals surface area contributed by atoms with Crippen molar-refractivity contribution in [3.63, 3.8) is 0 Å². The van der Waals surface area contributed by atoms with Crippen molar-refractivity contribution in [2.45, 2.75) is 26.9 Å². The van der Waals surface area contributed by atoms with Crippen molar-refractivity contribution in [1.29, 1.82) is 0 Å². The number of carbonyl (C=O) groups is 1. The monoisotopic (exact) mass is 453 g/mol. The molecule has 0 aliphatic rings. The molecule has 0 saturated carbocycles. The van der Waals surface area contributed by atoms with E-state index in [1.54, 1.807) is 37.4 Å². The third-order valence-corrected chi connectivity index (χ3v) is 5.23. The first-order chi connectivity index (χ1) is 15.4. The van der Waals surface area contributed by atoms with Gasteiger partial charge in [-0.3, -0.25) is 18.7 Å². The van der Waals surface area contributed by atoms with Gasteiger partial charge in [0.25, 0.3) is 5.56 Å². The number of Topliss-reactive ketones (excluding diaryl/α,β-unsaturated/α-hetero) is 1. The summed E-state index contributed by atoms with van der Waals surface area (Å²) < 4.78 is 2.63. The summed E-state index contributed by atoms with van der Waals surface area (Å²) in [4.78, 5) is 53.1. The molecule has 0 unspecified atom stereocenters. The number of hydrogen-bond acceptors (Lipinski definition) is 7. The van der Waals surface area contributed by atoms with Crippen LogP contribution in [-0.2, 0) is 13.1 Å². The average Bonchev–Trinajstić information content (AvgIpc) is 3.24. The SMILES string of the molecule is CCn1c(=O)c2[nH]c(-c3ccc(NCC(=O)c4ccc(Cl)nc4)nc3)nc2n(CC)c1=O. The van der Waals surface area contributed by atoms with Crippen molar-refractivity contribution in [3.05, 3.63) is 68.2 Å². The molecule has 11 heteroatoms. The molecule has 0 fully saturated rings. The Kier molecular flexibility index (Phi) is 5.87. The Labute approximate surface area is 186 Å². The summed E-state index contributed by atoms with van der Waals surface area (Å²) in [6.07, 6.45) is 2.99. The highest BCUT2D eigenvalue weighted by atomic mass is 35.5. The fourth-order valence-electron chi connectivity index (χ4n) is 3.32. The third kappa shape index (κ3) is 3.92. The Morgan fingerprint density at radius 2 is 1.84 bits per heavy atom. The van der Waals surface area contributed by atoms with Gasteiger partial charge in [-0.15, -0.1) is 0 Å². The van der Waals surface area contributed by atoms with Gasteiger partial charge in [-0.1, -0.05) is 11.6 Å². The molecule has 10 nitrogen and oxygen atoms in total. The van der Waals surface area contributed by atoms with Crippen molar-refractivity contribution in [3.8, 4) is 11.4 Å². The van der Waals surface area contributed by atoms with Crippen LogP contribution in [-0.4, -0.2) is 41.4 Å². The molecule has 0 aliphatic carbocycles. The molecule has 4 heterocycles.